The molecule has 0 amide bonds. The van der Waals surface area contributed by atoms with Crippen LogP contribution in [0.3, 0.4) is 0 Å². The zero-order valence-electron chi connectivity index (χ0n) is 21.2. The molecule has 2 saturated heterocycles. The van der Waals surface area contributed by atoms with Crippen LogP contribution >= 0.6 is 11.3 Å². The molecule has 0 spiro atoms. The van der Waals surface area contributed by atoms with E-state index in [1.165, 1.54) is 25.7 Å². The summed E-state index contributed by atoms with van der Waals surface area (Å²) in [5.74, 6) is 0.612. The van der Waals surface area contributed by atoms with Crippen molar-refractivity contribution in [1.82, 2.24) is 5.32 Å². The molecule has 0 saturated carbocycles. The second-order valence-corrected chi connectivity index (χ2v) is 11.1. The number of thiophene rings is 1. The van der Waals surface area contributed by atoms with Gasteiger partial charge in [-0.15, -0.1) is 11.3 Å². The second kappa shape index (κ2) is 10.2. The fourth-order valence-corrected chi connectivity index (χ4v) is 7.02. The molecule has 2 fully saturated rings. The Morgan fingerprint density at radius 3 is 2.68 bits per heavy atom. The van der Waals surface area contributed by atoms with E-state index in [9.17, 15) is 4.79 Å². The van der Waals surface area contributed by atoms with E-state index < -0.39 is 0 Å². The highest BCUT2D eigenvalue weighted by atomic mass is 32.1. The maximum absolute atomic E-state index is 13.2. The number of rotatable bonds is 6. The summed E-state index contributed by atoms with van der Waals surface area (Å²) < 4.78 is 20.3. The average molecular weight is 527 g/mol. The summed E-state index contributed by atoms with van der Waals surface area (Å²) in [5.41, 5.74) is 3.94. The van der Waals surface area contributed by atoms with Gasteiger partial charge in [0.05, 0.1) is 24.7 Å². The van der Waals surface area contributed by atoms with Crippen LogP contribution in [0.25, 0.3) is 42.3 Å². The molecule has 0 bridgehead atoms. The number of nitrogens with zero attached hydrogens (tertiary/aromatic N) is 1. The SMILES string of the molecule is O=c1cc(N2CCOCC2)oc2c(-c3ccc(CNCC4CCCO4)c4c3sc3ccccc34)cccc12. The zero-order valence-corrected chi connectivity index (χ0v) is 22.0. The number of nitrogens with one attached hydrogen (secondary N) is 1. The first-order chi connectivity index (χ1) is 18.8. The Kier molecular flexibility index (Phi) is 6.37. The van der Waals surface area contributed by atoms with Crippen molar-refractivity contribution in [3.63, 3.8) is 0 Å². The Bertz CT molecular complexity index is 1680. The molecule has 1 N–H and O–H groups in total. The van der Waals surface area contributed by atoms with E-state index in [2.05, 4.69) is 52.7 Å². The summed E-state index contributed by atoms with van der Waals surface area (Å²) in [6.07, 6.45) is 2.58. The van der Waals surface area contributed by atoms with Crippen molar-refractivity contribution in [2.45, 2.75) is 25.5 Å². The van der Waals surface area contributed by atoms with Gasteiger partial charge in [0, 0.05) is 70.2 Å². The molecule has 7 rings (SSSR count). The summed E-state index contributed by atoms with van der Waals surface area (Å²) in [7, 11) is 0. The first-order valence-corrected chi connectivity index (χ1v) is 14.2. The third kappa shape index (κ3) is 4.29. The van der Waals surface area contributed by atoms with Crippen molar-refractivity contribution in [1.29, 1.82) is 0 Å². The Labute approximate surface area is 224 Å². The van der Waals surface area contributed by atoms with Crippen molar-refractivity contribution < 1.29 is 13.9 Å². The molecule has 5 aromatic rings. The predicted molar refractivity (Wildman–Crippen MR) is 155 cm³/mol. The Morgan fingerprint density at radius 1 is 0.947 bits per heavy atom. The fourth-order valence-electron chi connectivity index (χ4n) is 5.75. The lowest BCUT2D eigenvalue weighted by atomic mass is 9.97. The van der Waals surface area contributed by atoms with Crippen molar-refractivity contribution in [3.8, 4) is 11.1 Å². The number of fused-ring (bicyclic) bond motifs is 4. The van der Waals surface area contributed by atoms with E-state index in [1.54, 1.807) is 17.4 Å². The number of morpholine rings is 1. The van der Waals surface area contributed by atoms with Gasteiger partial charge in [-0.1, -0.05) is 42.5 Å². The fraction of sp³-hybridized carbons (Fsp3) is 0.323. The number of ether oxygens (including phenoxy) is 2. The van der Waals surface area contributed by atoms with Crippen molar-refractivity contribution in [2.75, 3.05) is 44.4 Å². The Hall–Kier alpha value is -3.23. The lowest BCUT2D eigenvalue weighted by Gasteiger charge is -2.27. The van der Waals surface area contributed by atoms with Crippen LogP contribution in [0, 0.1) is 0 Å². The predicted octanol–water partition coefficient (Wildman–Crippen LogP) is 5.93. The molecule has 1 unspecified atom stereocenters. The van der Waals surface area contributed by atoms with E-state index in [0.717, 1.165) is 43.7 Å². The number of hydrogen-bond donors (Lipinski definition) is 1. The van der Waals surface area contributed by atoms with Gasteiger partial charge in [0.1, 0.15) is 5.58 Å². The van der Waals surface area contributed by atoms with Gasteiger partial charge in [-0.2, -0.15) is 0 Å². The summed E-state index contributed by atoms with van der Waals surface area (Å²) >= 11 is 1.80. The van der Waals surface area contributed by atoms with E-state index >= 15 is 0 Å². The Morgan fingerprint density at radius 2 is 1.82 bits per heavy atom. The van der Waals surface area contributed by atoms with E-state index in [0.29, 0.717) is 49.3 Å². The molecular formula is C31H30N2O4S. The largest absolute Gasteiger partial charge is 0.440 e. The van der Waals surface area contributed by atoms with Gasteiger partial charge in [-0.05, 0) is 30.5 Å². The van der Waals surface area contributed by atoms with Gasteiger partial charge in [0.25, 0.3) is 0 Å². The van der Waals surface area contributed by atoms with E-state index in [1.807, 2.05) is 12.1 Å². The molecule has 0 aliphatic carbocycles. The molecule has 2 aliphatic heterocycles. The zero-order chi connectivity index (χ0) is 25.5. The number of para-hydroxylation sites is 1. The van der Waals surface area contributed by atoms with Crippen LogP contribution in [-0.4, -0.2) is 45.6 Å². The second-order valence-electron chi connectivity index (χ2n) is 10.1. The van der Waals surface area contributed by atoms with E-state index in [4.69, 9.17) is 13.9 Å². The van der Waals surface area contributed by atoms with E-state index in [-0.39, 0.29) is 5.43 Å². The number of hydrogen-bond acceptors (Lipinski definition) is 7. The minimum Gasteiger partial charge on any atom is -0.440 e. The maximum Gasteiger partial charge on any atom is 0.200 e. The molecule has 7 heteroatoms. The van der Waals surface area contributed by atoms with Gasteiger partial charge < -0.3 is 24.1 Å². The molecular weight excluding hydrogens is 496 g/mol. The highest BCUT2D eigenvalue weighted by molar-refractivity contribution is 7.26. The molecule has 194 valence electrons. The van der Waals surface area contributed by atoms with Crippen LogP contribution in [0.5, 0.6) is 0 Å². The van der Waals surface area contributed by atoms with Crippen molar-refractivity contribution in [3.05, 3.63) is 76.5 Å². The van der Waals surface area contributed by atoms with Crippen LogP contribution in [0.4, 0.5) is 5.88 Å². The highest BCUT2D eigenvalue weighted by Crippen LogP contribution is 2.43. The minimum absolute atomic E-state index is 0.0165. The van der Waals surface area contributed by atoms with Crippen LogP contribution in [0.15, 0.2) is 69.9 Å². The molecule has 4 heterocycles. The summed E-state index contributed by atoms with van der Waals surface area (Å²) in [4.78, 5) is 15.3. The summed E-state index contributed by atoms with van der Waals surface area (Å²) in [6.45, 7) is 5.21. The minimum atomic E-state index is -0.0165. The highest BCUT2D eigenvalue weighted by Gasteiger charge is 2.21. The third-order valence-electron chi connectivity index (χ3n) is 7.68. The molecule has 3 aromatic carbocycles. The number of benzene rings is 3. The Balaban J connectivity index is 1.36. The van der Waals surface area contributed by atoms with Gasteiger partial charge in [-0.25, -0.2) is 0 Å². The normalized spacial score (nSPS) is 18.2. The first kappa shape index (κ1) is 23.9. The monoisotopic (exact) mass is 526 g/mol. The molecule has 6 nitrogen and oxygen atoms in total. The summed E-state index contributed by atoms with van der Waals surface area (Å²) in [6, 6.07) is 20.5. The summed E-state index contributed by atoms with van der Waals surface area (Å²) in [5, 5.41) is 6.77. The first-order valence-electron chi connectivity index (χ1n) is 13.4. The van der Waals surface area contributed by atoms with Crippen LogP contribution < -0.4 is 15.6 Å². The van der Waals surface area contributed by atoms with Crippen LogP contribution in [0.1, 0.15) is 18.4 Å². The average Bonchev–Trinajstić information content (AvgIpc) is 3.62. The molecule has 2 aromatic heterocycles. The van der Waals surface area contributed by atoms with Gasteiger partial charge in [0.2, 0.25) is 0 Å². The maximum atomic E-state index is 13.2. The van der Waals surface area contributed by atoms with Gasteiger partial charge >= 0.3 is 0 Å². The van der Waals surface area contributed by atoms with Crippen LogP contribution in [0.2, 0.25) is 0 Å². The van der Waals surface area contributed by atoms with Crippen LogP contribution in [-0.2, 0) is 16.0 Å². The molecule has 1 atom stereocenters. The van der Waals surface area contributed by atoms with Gasteiger partial charge in [0.15, 0.2) is 11.3 Å². The number of anilines is 1. The quantitative estimate of drug-likeness (QED) is 0.296. The molecule has 0 radical (unpaired) electrons. The topological polar surface area (TPSA) is 63.9 Å². The third-order valence-corrected chi connectivity index (χ3v) is 8.88. The molecule has 38 heavy (non-hydrogen) atoms. The standard InChI is InChI=1S/C31H30N2O4S/c34-26-17-28(33-12-15-35-16-13-33)37-30-22(7-3-8-24(26)30)23-11-10-20(18-32-19-21-5-4-14-36-21)29-25-6-1-2-9-27(25)38-31(23)29/h1-3,6-11,17,21,32H,4-5,12-16,18-19H2. The van der Waals surface area contributed by atoms with Gasteiger partial charge in [-0.3, -0.25) is 4.79 Å². The molecule has 2 aliphatic rings. The van der Waals surface area contributed by atoms with Crippen molar-refractivity contribution >= 4 is 48.4 Å². The lowest BCUT2D eigenvalue weighted by molar-refractivity contribution is 0.110. The smallest absolute Gasteiger partial charge is 0.200 e. The van der Waals surface area contributed by atoms with Crippen molar-refractivity contribution in [2.24, 2.45) is 0 Å². The lowest BCUT2D eigenvalue weighted by Crippen LogP contribution is -2.36.